The van der Waals surface area contributed by atoms with E-state index in [2.05, 4.69) is 14.9 Å². The number of methoxy groups -OCH3 is 2. The summed E-state index contributed by atoms with van der Waals surface area (Å²) in [5.74, 6) is 1.86. The van der Waals surface area contributed by atoms with Crippen molar-refractivity contribution < 1.29 is 24.0 Å². The lowest BCUT2D eigenvalue weighted by molar-refractivity contribution is -0.915. The van der Waals surface area contributed by atoms with Crippen LogP contribution in [0, 0.1) is 0 Å². The number of nitrogens with zero attached hydrogens (tertiary/aromatic N) is 4. The predicted octanol–water partition coefficient (Wildman–Crippen LogP) is -0.431. The highest BCUT2D eigenvalue weighted by atomic mass is 16.5. The van der Waals surface area contributed by atoms with Crippen molar-refractivity contribution in [2.24, 2.45) is 0 Å². The van der Waals surface area contributed by atoms with Crippen LogP contribution in [-0.2, 0) is 16.0 Å². The molecule has 164 valence electrons. The number of nitrogens with one attached hydrogen (secondary N) is 1. The summed E-state index contributed by atoms with van der Waals surface area (Å²) in [5.41, 5.74) is 0.991. The molecule has 0 saturated carbocycles. The van der Waals surface area contributed by atoms with Gasteiger partial charge in [-0.25, -0.2) is 9.97 Å². The molecule has 2 amide bonds. The van der Waals surface area contributed by atoms with Gasteiger partial charge >= 0.3 is 0 Å². The third-order valence-electron chi connectivity index (χ3n) is 6.05. The van der Waals surface area contributed by atoms with Gasteiger partial charge in [-0.05, 0) is 30.2 Å². The number of piperazine rings is 1. The van der Waals surface area contributed by atoms with Crippen LogP contribution in [0.3, 0.4) is 0 Å². The highest BCUT2D eigenvalue weighted by Crippen LogP contribution is 2.28. The van der Waals surface area contributed by atoms with Gasteiger partial charge in [0, 0.05) is 18.9 Å². The molecule has 4 rings (SSSR count). The maximum absolute atomic E-state index is 13.0. The number of likely N-dealkylation sites (tertiary alicyclic amines) is 1. The zero-order chi connectivity index (χ0) is 21.8. The van der Waals surface area contributed by atoms with Crippen LogP contribution in [0.15, 0.2) is 36.7 Å². The van der Waals surface area contributed by atoms with E-state index in [1.807, 2.05) is 18.2 Å². The number of anilines is 1. The average Bonchev–Trinajstić information content (AvgIpc) is 3.11. The molecule has 1 aromatic carbocycles. The van der Waals surface area contributed by atoms with Crippen LogP contribution in [0.1, 0.15) is 12.0 Å². The number of carbonyl (C=O) groups is 2. The summed E-state index contributed by atoms with van der Waals surface area (Å²) in [6, 6.07) is 7.16. The van der Waals surface area contributed by atoms with Gasteiger partial charge in [-0.15, -0.1) is 0 Å². The largest absolute Gasteiger partial charge is 0.493 e. The van der Waals surface area contributed by atoms with Crippen LogP contribution in [-0.4, -0.2) is 79.7 Å². The van der Waals surface area contributed by atoms with Gasteiger partial charge in [0.1, 0.15) is 0 Å². The quantitative estimate of drug-likeness (QED) is 0.601. The second-order valence-corrected chi connectivity index (χ2v) is 7.77. The highest BCUT2D eigenvalue weighted by Gasteiger charge is 2.45. The van der Waals surface area contributed by atoms with Crippen molar-refractivity contribution in [1.82, 2.24) is 14.9 Å². The number of amides is 2. The number of ether oxygens (including phenoxy) is 2. The number of hydrogen-bond donors (Lipinski definition) is 1. The van der Waals surface area contributed by atoms with Gasteiger partial charge in [-0.1, -0.05) is 6.07 Å². The monoisotopic (exact) mass is 426 g/mol. The first-order valence-corrected chi connectivity index (χ1v) is 10.5. The molecule has 2 aromatic rings. The average molecular weight is 426 g/mol. The van der Waals surface area contributed by atoms with E-state index in [0.717, 1.165) is 31.7 Å². The van der Waals surface area contributed by atoms with Gasteiger partial charge in [0.2, 0.25) is 11.9 Å². The van der Waals surface area contributed by atoms with E-state index in [4.69, 9.17) is 9.47 Å². The van der Waals surface area contributed by atoms with Crippen molar-refractivity contribution >= 4 is 17.8 Å². The van der Waals surface area contributed by atoms with Crippen LogP contribution in [0.5, 0.6) is 11.5 Å². The van der Waals surface area contributed by atoms with Crippen LogP contribution < -0.4 is 19.3 Å². The van der Waals surface area contributed by atoms with Crippen LogP contribution in [0.25, 0.3) is 0 Å². The summed E-state index contributed by atoms with van der Waals surface area (Å²) in [7, 11) is 3.18. The smallest absolute Gasteiger partial charge is 0.288 e. The molecule has 0 unspecified atom stereocenters. The molecular weight excluding hydrogens is 398 g/mol. The Labute approximate surface area is 181 Å². The fourth-order valence-electron chi connectivity index (χ4n) is 4.31. The lowest BCUT2D eigenvalue weighted by atomic mass is 10.1. The van der Waals surface area contributed by atoms with E-state index >= 15 is 0 Å². The molecule has 2 aliphatic heterocycles. The molecule has 1 aromatic heterocycles. The second kappa shape index (κ2) is 9.30. The number of rotatable bonds is 7. The Morgan fingerprint density at radius 1 is 1.06 bits per heavy atom. The van der Waals surface area contributed by atoms with E-state index in [9.17, 15) is 9.59 Å². The number of quaternary nitrogens is 1. The molecule has 2 aliphatic rings. The summed E-state index contributed by atoms with van der Waals surface area (Å²) >= 11 is 0. The summed E-state index contributed by atoms with van der Waals surface area (Å²) in [6.07, 6.45) is 4.33. The molecule has 3 heterocycles. The van der Waals surface area contributed by atoms with Crippen molar-refractivity contribution in [1.29, 1.82) is 0 Å². The molecule has 31 heavy (non-hydrogen) atoms. The molecule has 0 radical (unpaired) electrons. The first kappa shape index (κ1) is 21.0. The van der Waals surface area contributed by atoms with Crippen molar-refractivity contribution in [2.45, 2.75) is 18.9 Å². The lowest BCUT2D eigenvalue weighted by Gasteiger charge is -2.34. The topological polar surface area (TPSA) is 89.3 Å². The number of hydrogen-bond acceptors (Lipinski definition) is 7. The molecule has 0 aliphatic carbocycles. The summed E-state index contributed by atoms with van der Waals surface area (Å²) in [5, 5.41) is 0. The molecule has 9 nitrogen and oxygen atoms in total. The van der Waals surface area contributed by atoms with E-state index in [1.54, 1.807) is 32.7 Å². The molecule has 2 fully saturated rings. The maximum Gasteiger partial charge on any atom is 0.288 e. The van der Waals surface area contributed by atoms with Crippen LogP contribution >= 0.6 is 0 Å². The molecule has 0 bridgehead atoms. The number of benzene rings is 1. The summed E-state index contributed by atoms with van der Waals surface area (Å²) < 4.78 is 10.6. The Hall–Kier alpha value is -3.20. The molecular formula is C22H28N5O4+. The first-order chi connectivity index (χ1) is 15.1. The Balaban J connectivity index is 1.34. The van der Waals surface area contributed by atoms with Crippen molar-refractivity contribution in [3.63, 3.8) is 0 Å². The van der Waals surface area contributed by atoms with Gasteiger partial charge in [0.15, 0.2) is 17.5 Å². The Kier molecular flexibility index (Phi) is 6.31. The normalized spacial score (nSPS) is 19.7. The van der Waals surface area contributed by atoms with Crippen LogP contribution in [0.4, 0.5) is 5.95 Å². The second-order valence-electron chi connectivity index (χ2n) is 7.77. The van der Waals surface area contributed by atoms with Gasteiger partial charge in [-0.2, -0.15) is 0 Å². The SMILES string of the molecule is COc1ccc(CCN2C(=O)C[C@@H]([NH+]3CCN(c4ncccn4)CC3)C2=O)cc1OC. The minimum absolute atomic E-state index is 0.0649. The Morgan fingerprint density at radius 2 is 1.77 bits per heavy atom. The number of carbonyl (C=O) groups excluding carboxylic acids is 2. The summed E-state index contributed by atoms with van der Waals surface area (Å²) in [6.45, 7) is 3.48. The molecule has 2 saturated heterocycles. The van der Waals surface area contributed by atoms with Crippen molar-refractivity contribution in [3.05, 3.63) is 42.2 Å². The molecule has 9 heteroatoms. The van der Waals surface area contributed by atoms with Gasteiger partial charge < -0.3 is 19.3 Å². The Morgan fingerprint density at radius 3 is 2.45 bits per heavy atom. The third-order valence-corrected chi connectivity index (χ3v) is 6.05. The standard InChI is InChI=1S/C22H27N5O4/c1-30-18-5-4-16(14-19(18)31-2)6-9-27-20(28)15-17(21(27)29)25-10-12-26(13-11-25)22-23-7-3-8-24-22/h3-5,7-8,14,17H,6,9-13,15H2,1-2H3/p+1/t17-/m1/s1. The maximum atomic E-state index is 13.0. The molecule has 0 spiro atoms. The summed E-state index contributed by atoms with van der Waals surface area (Å²) in [4.78, 5) is 38.9. The van der Waals surface area contributed by atoms with E-state index < -0.39 is 0 Å². The van der Waals surface area contributed by atoms with Crippen molar-refractivity contribution in [3.8, 4) is 11.5 Å². The minimum Gasteiger partial charge on any atom is -0.493 e. The molecule has 1 atom stereocenters. The Bertz CT molecular complexity index is 931. The van der Waals surface area contributed by atoms with Gasteiger partial charge in [0.25, 0.3) is 5.91 Å². The number of aromatic nitrogens is 2. The first-order valence-electron chi connectivity index (χ1n) is 10.5. The fourth-order valence-corrected chi connectivity index (χ4v) is 4.31. The minimum atomic E-state index is -0.295. The zero-order valence-electron chi connectivity index (χ0n) is 17.9. The van der Waals surface area contributed by atoms with Gasteiger partial charge in [-0.3, -0.25) is 14.5 Å². The van der Waals surface area contributed by atoms with Crippen molar-refractivity contribution in [2.75, 3.05) is 51.8 Å². The predicted molar refractivity (Wildman–Crippen MR) is 113 cm³/mol. The number of imide groups is 1. The lowest BCUT2D eigenvalue weighted by Crippen LogP contribution is -3.19. The molecule has 1 N–H and O–H groups in total. The van der Waals surface area contributed by atoms with E-state index in [-0.39, 0.29) is 24.3 Å². The fraction of sp³-hybridized carbons (Fsp3) is 0.455. The van der Waals surface area contributed by atoms with Crippen LogP contribution in [0.2, 0.25) is 0 Å². The zero-order valence-corrected chi connectivity index (χ0v) is 17.9. The highest BCUT2D eigenvalue weighted by molar-refractivity contribution is 6.04. The third kappa shape index (κ3) is 4.46. The van der Waals surface area contributed by atoms with E-state index in [0.29, 0.717) is 30.4 Å². The van der Waals surface area contributed by atoms with E-state index in [1.165, 1.54) is 9.80 Å². The van der Waals surface area contributed by atoms with Gasteiger partial charge in [0.05, 0.1) is 46.8 Å².